The molecule has 0 atom stereocenters. The van der Waals surface area contributed by atoms with Crippen LogP contribution in [-0.4, -0.2) is 17.2 Å². The van der Waals surface area contributed by atoms with Crippen LogP contribution in [0.5, 0.6) is 11.5 Å². The van der Waals surface area contributed by atoms with E-state index in [9.17, 15) is 5.11 Å². The van der Waals surface area contributed by atoms with Gasteiger partial charge in [-0.3, -0.25) is 4.98 Å². The third kappa shape index (κ3) is 2.85. The molecule has 2 N–H and O–H groups in total. The summed E-state index contributed by atoms with van der Waals surface area (Å²) in [7, 11) is 1.54. The number of aromatic hydroxyl groups is 1. The van der Waals surface area contributed by atoms with E-state index >= 15 is 0 Å². The fourth-order valence-corrected chi connectivity index (χ4v) is 2.70. The summed E-state index contributed by atoms with van der Waals surface area (Å²) in [6.07, 6.45) is 1.77. The number of phenols is 1. The fourth-order valence-electron chi connectivity index (χ4n) is 2.34. The summed E-state index contributed by atoms with van der Waals surface area (Å²) in [4.78, 5) is 4.35. The largest absolute Gasteiger partial charge is 0.504 e. The highest BCUT2D eigenvalue weighted by atomic mass is 79.9. The van der Waals surface area contributed by atoms with E-state index in [0.29, 0.717) is 12.3 Å². The number of methoxy groups -OCH3 is 1. The highest BCUT2D eigenvalue weighted by molar-refractivity contribution is 9.10. The van der Waals surface area contributed by atoms with Crippen molar-refractivity contribution in [3.8, 4) is 11.5 Å². The van der Waals surface area contributed by atoms with E-state index in [1.165, 1.54) is 0 Å². The van der Waals surface area contributed by atoms with Crippen molar-refractivity contribution in [3.63, 3.8) is 0 Å². The first-order valence-electron chi connectivity index (χ1n) is 6.82. The maximum atomic E-state index is 10.1. The van der Waals surface area contributed by atoms with Crippen LogP contribution in [0.15, 0.2) is 53.1 Å². The van der Waals surface area contributed by atoms with Crippen LogP contribution < -0.4 is 10.1 Å². The van der Waals surface area contributed by atoms with Gasteiger partial charge < -0.3 is 15.2 Å². The predicted octanol–water partition coefficient (Wildman–Crippen LogP) is 4.32. The number of aromatic nitrogens is 1. The molecule has 1 heterocycles. The number of pyridine rings is 1. The second-order valence-electron chi connectivity index (χ2n) is 4.84. The van der Waals surface area contributed by atoms with E-state index < -0.39 is 0 Å². The lowest BCUT2D eigenvalue weighted by atomic mass is 10.1. The molecule has 0 aliphatic rings. The van der Waals surface area contributed by atoms with Gasteiger partial charge in [-0.1, -0.05) is 28.1 Å². The number of benzene rings is 2. The summed E-state index contributed by atoms with van der Waals surface area (Å²) in [6.45, 7) is 0.495. The normalized spacial score (nSPS) is 10.6. The van der Waals surface area contributed by atoms with Gasteiger partial charge in [0.15, 0.2) is 11.5 Å². The van der Waals surface area contributed by atoms with Gasteiger partial charge in [0.05, 0.1) is 12.6 Å². The summed E-state index contributed by atoms with van der Waals surface area (Å²) in [6, 6.07) is 13.3. The van der Waals surface area contributed by atoms with E-state index in [0.717, 1.165) is 26.6 Å². The molecule has 0 aliphatic carbocycles. The number of nitrogens with zero attached hydrogens (tertiary/aromatic N) is 1. The molecule has 5 heteroatoms. The first-order chi connectivity index (χ1) is 10.7. The zero-order valence-corrected chi connectivity index (χ0v) is 13.6. The molecule has 0 aliphatic heterocycles. The van der Waals surface area contributed by atoms with Crippen molar-refractivity contribution in [2.45, 2.75) is 6.54 Å². The first-order valence-corrected chi connectivity index (χ1v) is 7.61. The lowest BCUT2D eigenvalue weighted by Crippen LogP contribution is -2.01. The number of hydrogen-bond donors (Lipinski definition) is 2. The van der Waals surface area contributed by atoms with E-state index in [2.05, 4.69) is 26.2 Å². The van der Waals surface area contributed by atoms with Gasteiger partial charge >= 0.3 is 0 Å². The zero-order chi connectivity index (χ0) is 15.5. The van der Waals surface area contributed by atoms with Gasteiger partial charge in [0.2, 0.25) is 0 Å². The number of phenolic OH excluding ortho intramolecular Hbond substituents is 1. The van der Waals surface area contributed by atoms with Gasteiger partial charge in [0.25, 0.3) is 0 Å². The van der Waals surface area contributed by atoms with Crippen molar-refractivity contribution in [1.29, 1.82) is 0 Å². The van der Waals surface area contributed by atoms with Crippen LogP contribution in [0.3, 0.4) is 0 Å². The number of anilines is 1. The van der Waals surface area contributed by atoms with Crippen LogP contribution in [-0.2, 0) is 6.54 Å². The van der Waals surface area contributed by atoms with Crippen LogP contribution in [0.25, 0.3) is 10.9 Å². The SMILES string of the molecule is COc1cccc(CNc2ccnc3ccc(Br)cc23)c1O. The van der Waals surface area contributed by atoms with Crippen LogP contribution in [0.4, 0.5) is 5.69 Å². The third-order valence-electron chi connectivity index (χ3n) is 3.48. The van der Waals surface area contributed by atoms with Crippen molar-refractivity contribution < 1.29 is 9.84 Å². The molecular weight excluding hydrogens is 344 g/mol. The minimum absolute atomic E-state index is 0.164. The highest BCUT2D eigenvalue weighted by Crippen LogP contribution is 2.31. The first kappa shape index (κ1) is 14.7. The summed E-state index contributed by atoms with van der Waals surface area (Å²) in [5, 5.41) is 14.5. The number of ether oxygens (including phenoxy) is 1. The Hall–Kier alpha value is -2.27. The Morgan fingerprint density at radius 1 is 1.23 bits per heavy atom. The molecule has 0 amide bonds. The molecule has 0 fully saturated rings. The van der Waals surface area contributed by atoms with Crippen LogP contribution in [0.1, 0.15) is 5.56 Å². The minimum atomic E-state index is 0.164. The number of halogens is 1. The summed E-state index contributed by atoms with van der Waals surface area (Å²) < 4.78 is 6.13. The molecule has 2 aromatic carbocycles. The average molecular weight is 359 g/mol. The summed E-state index contributed by atoms with van der Waals surface area (Å²) >= 11 is 3.48. The Morgan fingerprint density at radius 2 is 2.09 bits per heavy atom. The maximum Gasteiger partial charge on any atom is 0.162 e. The van der Waals surface area contributed by atoms with Crippen LogP contribution in [0.2, 0.25) is 0 Å². The minimum Gasteiger partial charge on any atom is -0.504 e. The lowest BCUT2D eigenvalue weighted by molar-refractivity contribution is 0.371. The van der Waals surface area contributed by atoms with Gasteiger partial charge in [0.1, 0.15) is 0 Å². The standard InChI is InChI=1S/C17H15BrN2O2/c1-22-16-4-2-3-11(17(16)21)10-20-15-7-8-19-14-6-5-12(18)9-13(14)15/h2-9,21H,10H2,1H3,(H,19,20). The maximum absolute atomic E-state index is 10.1. The monoisotopic (exact) mass is 358 g/mol. The smallest absolute Gasteiger partial charge is 0.162 e. The molecule has 3 rings (SSSR count). The summed E-state index contributed by atoms with van der Waals surface area (Å²) in [5.74, 6) is 0.638. The van der Waals surface area contributed by atoms with Crippen molar-refractivity contribution in [1.82, 2.24) is 4.98 Å². The summed E-state index contributed by atoms with van der Waals surface area (Å²) in [5.41, 5.74) is 2.66. The topological polar surface area (TPSA) is 54.4 Å². The molecule has 0 radical (unpaired) electrons. The van der Waals surface area contributed by atoms with E-state index in [1.54, 1.807) is 19.4 Å². The van der Waals surface area contributed by atoms with Gasteiger partial charge in [-0.25, -0.2) is 0 Å². The molecular formula is C17H15BrN2O2. The lowest BCUT2D eigenvalue weighted by Gasteiger charge is -2.12. The molecule has 3 aromatic rings. The number of nitrogens with one attached hydrogen (secondary N) is 1. The molecule has 0 saturated heterocycles. The molecule has 4 nitrogen and oxygen atoms in total. The molecule has 0 unspecified atom stereocenters. The number of para-hydroxylation sites is 1. The van der Waals surface area contributed by atoms with Crippen LogP contribution >= 0.6 is 15.9 Å². The Balaban J connectivity index is 1.90. The Morgan fingerprint density at radius 3 is 2.91 bits per heavy atom. The molecule has 22 heavy (non-hydrogen) atoms. The molecule has 0 saturated carbocycles. The molecule has 1 aromatic heterocycles. The van der Waals surface area contributed by atoms with Gasteiger partial charge in [-0.05, 0) is 30.3 Å². The second-order valence-corrected chi connectivity index (χ2v) is 5.76. The molecule has 0 spiro atoms. The van der Waals surface area contributed by atoms with Crippen molar-refractivity contribution in [2.24, 2.45) is 0 Å². The Labute approximate surface area is 136 Å². The number of fused-ring (bicyclic) bond motifs is 1. The van der Waals surface area contributed by atoms with Crippen molar-refractivity contribution in [3.05, 3.63) is 58.7 Å². The van der Waals surface area contributed by atoms with E-state index in [-0.39, 0.29) is 5.75 Å². The number of hydrogen-bond acceptors (Lipinski definition) is 4. The fraction of sp³-hybridized carbons (Fsp3) is 0.118. The Kier molecular flexibility index (Phi) is 4.15. The molecule has 112 valence electrons. The number of rotatable bonds is 4. The van der Waals surface area contributed by atoms with E-state index in [4.69, 9.17) is 4.74 Å². The van der Waals surface area contributed by atoms with Gasteiger partial charge in [0, 0.05) is 33.9 Å². The van der Waals surface area contributed by atoms with Gasteiger partial charge in [-0.2, -0.15) is 0 Å². The third-order valence-corrected chi connectivity index (χ3v) is 3.97. The van der Waals surface area contributed by atoms with Crippen molar-refractivity contribution >= 4 is 32.5 Å². The van der Waals surface area contributed by atoms with Gasteiger partial charge in [-0.15, -0.1) is 0 Å². The zero-order valence-electron chi connectivity index (χ0n) is 12.0. The average Bonchev–Trinajstić information content (AvgIpc) is 2.54. The highest BCUT2D eigenvalue weighted by Gasteiger charge is 2.08. The Bertz CT molecular complexity index is 821. The van der Waals surface area contributed by atoms with Crippen LogP contribution in [0, 0.1) is 0 Å². The second kappa shape index (κ2) is 6.23. The van der Waals surface area contributed by atoms with Crippen molar-refractivity contribution in [2.75, 3.05) is 12.4 Å². The van der Waals surface area contributed by atoms with E-state index in [1.807, 2.05) is 36.4 Å². The quantitative estimate of drug-likeness (QED) is 0.728. The molecule has 0 bridgehead atoms. The predicted molar refractivity (Wildman–Crippen MR) is 91.4 cm³/mol.